The first kappa shape index (κ1) is 16.9. The Hall–Kier alpha value is -1.46. The number of allylic oxidation sites excluding steroid dienone is 3. The van der Waals surface area contributed by atoms with Gasteiger partial charge in [-0.15, -0.1) is 0 Å². The largest absolute Gasteiger partial charge is 0.442 e. The molecule has 0 fully saturated rings. The van der Waals surface area contributed by atoms with Crippen LogP contribution >= 0.6 is 23.2 Å². The summed E-state index contributed by atoms with van der Waals surface area (Å²) in [7, 11) is 1.83. The van der Waals surface area contributed by atoms with Crippen molar-refractivity contribution in [3.63, 3.8) is 0 Å². The van der Waals surface area contributed by atoms with Crippen molar-refractivity contribution in [1.29, 1.82) is 0 Å². The lowest BCUT2D eigenvalue weighted by Gasteiger charge is -2.28. The van der Waals surface area contributed by atoms with E-state index in [1.807, 2.05) is 25.8 Å². The van der Waals surface area contributed by atoms with Gasteiger partial charge in [0.15, 0.2) is 0 Å². The van der Waals surface area contributed by atoms with Crippen LogP contribution in [0.15, 0.2) is 29.0 Å². The van der Waals surface area contributed by atoms with E-state index in [2.05, 4.69) is 11.7 Å². The van der Waals surface area contributed by atoms with Crippen LogP contribution < -0.4 is 4.74 Å². The Labute approximate surface area is 139 Å². The minimum atomic E-state index is -1.48. The number of likely N-dealkylation sites (N-methyl/N-ethyl adjacent to an activating group) is 1. The molecule has 4 nitrogen and oxygen atoms in total. The molecule has 0 amide bonds. The normalized spacial score (nSPS) is 17.0. The molecular formula is C15H18Cl2FN3O. The molecule has 2 heterocycles. The van der Waals surface area contributed by atoms with Crippen molar-refractivity contribution in [2.24, 2.45) is 0 Å². The number of aryl methyl sites for hydroxylation is 1. The van der Waals surface area contributed by atoms with E-state index in [0.29, 0.717) is 23.0 Å². The Bertz CT molecular complexity index is 677. The smallest absolute Gasteiger partial charge is 0.237 e. The summed E-state index contributed by atoms with van der Waals surface area (Å²) in [5.74, 6) is 0.217. The van der Waals surface area contributed by atoms with Crippen LogP contribution in [0.5, 0.6) is 5.88 Å². The van der Waals surface area contributed by atoms with Crippen LogP contribution in [-0.4, -0.2) is 28.1 Å². The SMILES string of the molecule is C=C1C(Cl)=CC(C)=C(c2nn(CC)c(OC(C)F)c2Cl)N1C. The fraction of sp³-hybridized carbons (Fsp3) is 0.400. The molecule has 1 aromatic rings. The number of rotatable bonds is 4. The average molecular weight is 346 g/mol. The average Bonchev–Trinajstić information content (AvgIpc) is 2.73. The summed E-state index contributed by atoms with van der Waals surface area (Å²) in [4.78, 5) is 1.81. The maximum absolute atomic E-state index is 13.2. The predicted molar refractivity (Wildman–Crippen MR) is 87.5 cm³/mol. The van der Waals surface area contributed by atoms with Gasteiger partial charge in [0.2, 0.25) is 12.2 Å². The van der Waals surface area contributed by atoms with E-state index in [9.17, 15) is 4.39 Å². The molecule has 1 aliphatic heterocycles. The summed E-state index contributed by atoms with van der Waals surface area (Å²) in [6, 6.07) is 0. The third-order valence-electron chi connectivity index (χ3n) is 3.38. The standard InChI is InChI=1S/C15H18Cl2FN3O/c1-6-21-15(22-10(4)18)12(17)13(19-21)14-8(2)7-11(16)9(3)20(14)5/h7,10H,3,6H2,1-2,4-5H3. The van der Waals surface area contributed by atoms with Crippen LogP contribution in [0.25, 0.3) is 5.70 Å². The van der Waals surface area contributed by atoms with Crippen LogP contribution in [0.2, 0.25) is 5.02 Å². The number of hydrogen-bond donors (Lipinski definition) is 0. The monoisotopic (exact) mass is 345 g/mol. The summed E-state index contributed by atoms with van der Waals surface area (Å²) >= 11 is 12.5. The molecule has 0 aliphatic carbocycles. The van der Waals surface area contributed by atoms with Gasteiger partial charge in [0.1, 0.15) is 10.7 Å². The van der Waals surface area contributed by atoms with E-state index in [-0.39, 0.29) is 10.9 Å². The molecule has 2 rings (SSSR count). The molecule has 1 aromatic heterocycles. The fourth-order valence-electron chi connectivity index (χ4n) is 2.30. The lowest BCUT2D eigenvalue weighted by atomic mass is 10.1. The van der Waals surface area contributed by atoms with Crippen molar-refractivity contribution in [2.75, 3.05) is 7.05 Å². The van der Waals surface area contributed by atoms with Crippen molar-refractivity contribution in [2.45, 2.75) is 33.7 Å². The lowest BCUT2D eigenvalue weighted by Crippen LogP contribution is -2.20. The highest BCUT2D eigenvalue weighted by Gasteiger charge is 2.28. The molecule has 0 bridgehead atoms. The molecule has 0 N–H and O–H groups in total. The zero-order valence-electron chi connectivity index (χ0n) is 13.0. The fourth-order valence-corrected chi connectivity index (χ4v) is 2.86. The number of alkyl halides is 1. The van der Waals surface area contributed by atoms with Crippen molar-refractivity contribution in [1.82, 2.24) is 14.7 Å². The number of hydrogen-bond acceptors (Lipinski definition) is 3. The molecule has 120 valence electrons. The van der Waals surface area contributed by atoms with E-state index >= 15 is 0 Å². The Balaban J connectivity index is 2.60. The second-order valence-electron chi connectivity index (χ2n) is 4.97. The minimum absolute atomic E-state index is 0.217. The second kappa shape index (κ2) is 6.34. The predicted octanol–water partition coefficient (Wildman–Crippen LogP) is 4.56. The van der Waals surface area contributed by atoms with Gasteiger partial charge in [-0.25, -0.2) is 9.07 Å². The van der Waals surface area contributed by atoms with Gasteiger partial charge < -0.3 is 9.64 Å². The van der Waals surface area contributed by atoms with Gasteiger partial charge in [-0.1, -0.05) is 29.8 Å². The molecule has 0 radical (unpaired) electrons. The molecule has 0 spiro atoms. The first-order chi connectivity index (χ1) is 10.3. The van der Waals surface area contributed by atoms with Gasteiger partial charge in [0.05, 0.1) is 16.4 Å². The van der Waals surface area contributed by atoms with E-state index in [1.165, 1.54) is 11.6 Å². The molecule has 0 saturated heterocycles. The molecule has 0 aromatic carbocycles. The van der Waals surface area contributed by atoms with Gasteiger partial charge in [-0.05, 0) is 25.5 Å². The molecule has 7 heteroatoms. The highest BCUT2D eigenvalue weighted by Crippen LogP contribution is 2.40. The number of nitrogens with zero attached hydrogens (tertiary/aromatic N) is 3. The maximum Gasteiger partial charge on any atom is 0.237 e. The van der Waals surface area contributed by atoms with Gasteiger partial charge >= 0.3 is 0 Å². The molecule has 0 saturated carbocycles. The zero-order chi connectivity index (χ0) is 16.6. The van der Waals surface area contributed by atoms with E-state index in [1.54, 1.807) is 6.08 Å². The third-order valence-corrected chi connectivity index (χ3v) is 4.05. The van der Waals surface area contributed by atoms with Gasteiger partial charge in [-0.3, -0.25) is 0 Å². The summed E-state index contributed by atoms with van der Waals surface area (Å²) in [6.07, 6.45) is 0.328. The van der Waals surface area contributed by atoms with Gasteiger partial charge in [0.25, 0.3) is 0 Å². The van der Waals surface area contributed by atoms with Crippen molar-refractivity contribution >= 4 is 28.9 Å². The van der Waals surface area contributed by atoms with Crippen molar-refractivity contribution < 1.29 is 9.13 Å². The summed E-state index contributed by atoms with van der Waals surface area (Å²) in [6.45, 7) is 9.52. The quantitative estimate of drug-likeness (QED) is 0.800. The Morgan fingerprint density at radius 1 is 1.45 bits per heavy atom. The molecule has 1 atom stereocenters. The first-order valence-electron chi connectivity index (χ1n) is 6.86. The number of ether oxygens (including phenoxy) is 1. The Morgan fingerprint density at radius 2 is 2.09 bits per heavy atom. The van der Waals surface area contributed by atoms with Crippen LogP contribution in [-0.2, 0) is 6.54 Å². The van der Waals surface area contributed by atoms with Crippen LogP contribution in [0.4, 0.5) is 4.39 Å². The summed E-state index contributed by atoms with van der Waals surface area (Å²) < 4.78 is 19.9. The highest BCUT2D eigenvalue weighted by molar-refractivity contribution is 6.34. The Kier molecular flexibility index (Phi) is 4.87. The first-order valence-corrected chi connectivity index (χ1v) is 7.62. The summed E-state index contributed by atoms with van der Waals surface area (Å²) in [5, 5.41) is 5.27. The number of aromatic nitrogens is 2. The molecule has 22 heavy (non-hydrogen) atoms. The minimum Gasteiger partial charge on any atom is -0.442 e. The van der Waals surface area contributed by atoms with E-state index in [4.69, 9.17) is 27.9 Å². The highest BCUT2D eigenvalue weighted by atomic mass is 35.5. The van der Waals surface area contributed by atoms with Gasteiger partial charge in [0, 0.05) is 20.5 Å². The zero-order valence-corrected chi connectivity index (χ0v) is 14.5. The topological polar surface area (TPSA) is 30.3 Å². The van der Waals surface area contributed by atoms with Crippen molar-refractivity contribution in [3.8, 4) is 5.88 Å². The summed E-state index contributed by atoms with van der Waals surface area (Å²) in [5.41, 5.74) is 2.82. The van der Waals surface area contributed by atoms with Crippen LogP contribution in [0.1, 0.15) is 26.5 Å². The molecular weight excluding hydrogens is 328 g/mol. The third kappa shape index (κ3) is 2.88. The van der Waals surface area contributed by atoms with Crippen molar-refractivity contribution in [3.05, 3.63) is 39.7 Å². The van der Waals surface area contributed by atoms with Crippen LogP contribution in [0.3, 0.4) is 0 Å². The Morgan fingerprint density at radius 3 is 2.64 bits per heavy atom. The molecule has 1 aliphatic rings. The maximum atomic E-state index is 13.2. The van der Waals surface area contributed by atoms with Gasteiger partial charge in [-0.2, -0.15) is 5.10 Å². The molecule has 1 unspecified atom stereocenters. The number of halogens is 3. The van der Waals surface area contributed by atoms with E-state index in [0.717, 1.165) is 11.3 Å². The van der Waals surface area contributed by atoms with Crippen LogP contribution in [0, 0.1) is 0 Å². The second-order valence-corrected chi connectivity index (χ2v) is 5.76. The van der Waals surface area contributed by atoms with E-state index < -0.39 is 6.36 Å². The lowest BCUT2D eigenvalue weighted by molar-refractivity contribution is 0.0752.